The molecule has 1 N–H and O–H groups in total. The largest absolute Gasteiger partial charge is 0.483 e. The molecule has 0 spiro atoms. The van der Waals surface area contributed by atoms with Crippen LogP contribution >= 0.6 is 0 Å². The molecular weight excluding hydrogens is 310 g/mol. The Balaban J connectivity index is 1.82. The van der Waals surface area contributed by atoms with Gasteiger partial charge in [0.2, 0.25) is 5.78 Å². The van der Waals surface area contributed by atoms with Crippen LogP contribution in [0.15, 0.2) is 48.5 Å². The summed E-state index contributed by atoms with van der Waals surface area (Å²) >= 11 is 0. The molecule has 0 bridgehead atoms. The third-order valence-electron chi connectivity index (χ3n) is 4.54. The van der Waals surface area contributed by atoms with Crippen molar-refractivity contribution >= 4 is 16.7 Å². The van der Waals surface area contributed by atoms with Gasteiger partial charge >= 0.3 is 0 Å². The number of carbonyl (C=O) groups excluding carboxylic acids is 1. The molecule has 130 valence electrons. The highest BCUT2D eigenvalue weighted by Gasteiger charge is 2.23. The minimum absolute atomic E-state index is 0.00477. The van der Waals surface area contributed by atoms with Crippen LogP contribution in [0.1, 0.15) is 49.3 Å². The Kier molecular flexibility index (Phi) is 4.42. The lowest BCUT2D eigenvalue weighted by atomic mass is 9.87. The van der Waals surface area contributed by atoms with E-state index in [1.54, 1.807) is 6.92 Å². The van der Waals surface area contributed by atoms with E-state index >= 15 is 0 Å². The van der Waals surface area contributed by atoms with Gasteiger partial charge in [0, 0.05) is 22.2 Å². The number of aromatic nitrogens is 1. The summed E-state index contributed by atoms with van der Waals surface area (Å²) in [5.74, 6) is 0.709. The third kappa shape index (κ3) is 3.46. The number of Topliss-reactive ketones (excluding diaryl/α,β-unsaturated/α-hetero) is 1. The van der Waals surface area contributed by atoms with Crippen LogP contribution in [0.2, 0.25) is 0 Å². The van der Waals surface area contributed by atoms with Gasteiger partial charge in [-0.05, 0) is 43.0 Å². The fourth-order valence-corrected chi connectivity index (χ4v) is 3.09. The SMILES string of the molecule is Cc1[nH]c2ccccc2c1C(=O)[C@H](C)Oc1ccc(C(C)(C)C)cc1. The van der Waals surface area contributed by atoms with E-state index in [4.69, 9.17) is 4.74 Å². The molecule has 0 radical (unpaired) electrons. The lowest BCUT2D eigenvalue weighted by Crippen LogP contribution is -2.24. The molecule has 0 saturated heterocycles. The fraction of sp³-hybridized carbons (Fsp3) is 0.318. The zero-order valence-corrected chi connectivity index (χ0v) is 15.5. The van der Waals surface area contributed by atoms with Crippen LogP contribution in [0.3, 0.4) is 0 Å². The lowest BCUT2D eigenvalue weighted by Gasteiger charge is -2.20. The Morgan fingerprint density at radius 3 is 2.32 bits per heavy atom. The molecule has 25 heavy (non-hydrogen) atoms. The number of aryl methyl sites for hydroxylation is 1. The summed E-state index contributed by atoms with van der Waals surface area (Å²) in [6.07, 6.45) is -0.543. The van der Waals surface area contributed by atoms with Crippen LogP contribution in [0.5, 0.6) is 5.75 Å². The van der Waals surface area contributed by atoms with Crippen LogP contribution in [-0.4, -0.2) is 16.9 Å². The zero-order chi connectivity index (χ0) is 18.2. The topological polar surface area (TPSA) is 42.1 Å². The molecule has 0 saturated carbocycles. The van der Waals surface area contributed by atoms with Gasteiger partial charge in [-0.1, -0.05) is 51.1 Å². The Hall–Kier alpha value is -2.55. The van der Waals surface area contributed by atoms with E-state index in [2.05, 4.69) is 37.9 Å². The maximum Gasteiger partial charge on any atom is 0.205 e. The molecule has 0 aliphatic carbocycles. The highest BCUT2D eigenvalue weighted by molar-refractivity contribution is 6.11. The van der Waals surface area contributed by atoms with Gasteiger partial charge in [-0.25, -0.2) is 0 Å². The number of hydrogen-bond donors (Lipinski definition) is 1. The molecule has 0 aliphatic rings. The zero-order valence-electron chi connectivity index (χ0n) is 15.5. The first-order valence-electron chi connectivity index (χ1n) is 8.66. The van der Waals surface area contributed by atoms with Crippen LogP contribution in [0, 0.1) is 6.92 Å². The molecule has 0 amide bonds. The van der Waals surface area contributed by atoms with Crippen molar-refractivity contribution in [3.05, 3.63) is 65.4 Å². The standard InChI is InChI=1S/C22H25NO2/c1-14-20(18-8-6-7-9-19(18)23-14)21(24)15(2)25-17-12-10-16(11-13-17)22(3,4)5/h6-13,15,23H,1-5H3/t15-/m0/s1. The van der Waals surface area contributed by atoms with Crippen LogP contribution in [-0.2, 0) is 5.41 Å². The number of carbonyl (C=O) groups is 1. The Morgan fingerprint density at radius 1 is 1.04 bits per heavy atom. The summed E-state index contributed by atoms with van der Waals surface area (Å²) in [6.45, 7) is 10.3. The van der Waals surface area contributed by atoms with Crippen molar-refractivity contribution in [1.82, 2.24) is 4.98 Å². The van der Waals surface area contributed by atoms with Gasteiger partial charge in [-0.15, -0.1) is 0 Å². The predicted octanol–water partition coefficient (Wildman–Crippen LogP) is 5.42. The average molecular weight is 335 g/mol. The monoisotopic (exact) mass is 335 g/mol. The summed E-state index contributed by atoms with van der Waals surface area (Å²) in [7, 11) is 0. The van der Waals surface area contributed by atoms with Crippen molar-refractivity contribution in [3.8, 4) is 5.75 Å². The van der Waals surface area contributed by atoms with Gasteiger partial charge in [0.15, 0.2) is 6.10 Å². The number of ether oxygens (including phenoxy) is 1. The Bertz CT molecular complexity index is 898. The molecule has 3 aromatic rings. The van der Waals surface area contributed by atoms with Gasteiger partial charge < -0.3 is 9.72 Å². The molecule has 1 heterocycles. The molecule has 2 aromatic carbocycles. The van der Waals surface area contributed by atoms with E-state index < -0.39 is 6.10 Å². The second-order valence-electron chi connectivity index (χ2n) is 7.57. The first-order valence-corrected chi connectivity index (χ1v) is 8.66. The first-order chi connectivity index (χ1) is 11.8. The molecule has 0 unspecified atom stereocenters. The molecular formula is C22H25NO2. The molecule has 0 aliphatic heterocycles. The van der Waals surface area contributed by atoms with Gasteiger partial charge in [-0.2, -0.15) is 0 Å². The van der Waals surface area contributed by atoms with E-state index in [-0.39, 0.29) is 11.2 Å². The van der Waals surface area contributed by atoms with Gasteiger partial charge in [-0.3, -0.25) is 4.79 Å². The second kappa shape index (κ2) is 6.40. The number of benzene rings is 2. The van der Waals surface area contributed by atoms with E-state index in [9.17, 15) is 4.79 Å². The Morgan fingerprint density at radius 2 is 1.68 bits per heavy atom. The van der Waals surface area contributed by atoms with Crippen molar-refractivity contribution < 1.29 is 9.53 Å². The second-order valence-corrected chi connectivity index (χ2v) is 7.57. The number of hydrogen-bond acceptors (Lipinski definition) is 2. The van der Waals surface area contributed by atoms with E-state index in [0.717, 1.165) is 22.2 Å². The first kappa shape index (κ1) is 17.3. The molecule has 1 atom stereocenters. The highest BCUT2D eigenvalue weighted by Crippen LogP contribution is 2.27. The molecule has 3 rings (SSSR count). The quantitative estimate of drug-likeness (QED) is 0.646. The fourth-order valence-electron chi connectivity index (χ4n) is 3.09. The van der Waals surface area contributed by atoms with Crippen molar-refractivity contribution in [2.45, 2.75) is 46.1 Å². The minimum Gasteiger partial charge on any atom is -0.483 e. The van der Waals surface area contributed by atoms with Gasteiger partial charge in [0.1, 0.15) is 5.75 Å². The third-order valence-corrected chi connectivity index (χ3v) is 4.54. The van der Waals surface area contributed by atoms with Crippen LogP contribution in [0.25, 0.3) is 10.9 Å². The molecule has 1 aromatic heterocycles. The van der Waals surface area contributed by atoms with E-state index in [0.29, 0.717) is 5.75 Å². The number of nitrogens with one attached hydrogen (secondary N) is 1. The number of aromatic amines is 1. The maximum absolute atomic E-state index is 12.9. The highest BCUT2D eigenvalue weighted by atomic mass is 16.5. The molecule has 0 fully saturated rings. The van der Waals surface area contributed by atoms with Crippen LogP contribution in [0.4, 0.5) is 0 Å². The minimum atomic E-state index is -0.543. The normalized spacial score (nSPS) is 13.0. The van der Waals surface area contributed by atoms with Gasteiger partial charge in [0.25, 0.3) is 0 Å². The summed E-state index contributed by atoms with van der Waals surface area (Å²) in [5, 5.41) is 0.948. The van der Waals surface area contributed by atoms with E-state index in [1.165, 1.54) is 5.56 Å². The smallest absolute Gasteiger partial charge is 0.205 e. The Labute approximate surface area is 149 Å². The van der Waals surface area contributed by atoms with Gasteiger partial charge in [0.05, 0.1) is 0 Å². The van der Waals surface area contributed by atoms with E-state index in [1.807, 2.05) is 43.3 Å². The summed E-state index contributed by atoms with van der Waals surface area (Å²) in [5.41, 5.74) is 3.91. The summed E-state index contributed by atoms with van der Waals surface area (Å²) in [6, 6.07) is 15.9. The maximum atomic E-state index is 12.9. The molecule has 3 heteroatoms. The number of fused-ring (bicyclic) bond motifs is 1. The van der Waals surface area contributed by atoms with Crippen LogP contribution < -0.4 is 4.74 Å². The molecule has 3 nitrogen and oxygen atoms in total. The number of ketones is 1. The van der Waals surface area contributed by atoms with Crippen molar-refractivity contribution in [1.29, 1.82) is 0 Å². The number of H-pyrrole nitrogens is 1. The lowest BCUT2D eigenvalue weighted by molar-refractivity contribution is 0.0819. The van der Waals surface area contributed by atoms with Crippen molar-refractivity contribution in [2.75, 3.05) is 0 Å². The van der Waals surface area contributed by atoms with Crippen molar-refractivity contribution in [3.63, 3.8) is 0 Å². The van der Waals surface area contributed by atoms with Crippen molar-refractivity contribution in [2.24, 2.45) is 0 Å². The summed E-state index contributed by atoms with van der Waals surface area (Å²) < 4.78 is 5.91. The predicted molar refractivity (Wildman–Crippen MR) is 103 cm³/mol. The summed E-state index contributed by atoms with van der Waals surface area (Å²) in [4.78, 5) is 16.2. The number of para-hydroxylation sites is 1. The average Bonchev–Trinajstić information content (AvgIpc) is 2.89. The number of rotatable bonds is 4.